The van der Waals surface area contributed by atoms with Crippen LogP contribution in [-0.4, -0.2) is 39.6 Å². The van der Waals surface area contributed by atoms with Crippen LogP contribution < -0.4 is 10.0 Å². The molecular weight excluding hydrogens is 310 g/mol. The average molecular weight is 329 g/mol. The van der Waals surface area contributed by atoms with Crippen LogP contribution in [0, 0.1) is 16.0 Å². The van der Waals surface area contributed by atoms with E-state index in [-0.39, 0.29) is 16.7 Å². The Hall–Kier alpha value is -1.71. The van der Waals surface area contributed by atoms with Crippen molar-refractivity contribution < 1.29 is 18.1 Å². The van der Waals surface area contributed by atoms with Crippen molar-refractivity contribution in [3.63, 3.8) is 0 Å². The third-order valence-corrected chi connectivity index (χ3v) is 4.87. The number of primary sulfonamides is 1. The van der Waals surface area contributed by atoms with Gasteiger partial charge in [-0.3, -0.25) is 10.1 Å². The number of piperidine rings is 1. The largest absolute Gasteiger partial charge is 0.379 e. The van der Waals surface area contributed by atoms with Crippen LogP contribution in [0.3, 0.4) is 0 Å². The number of ether oxygens (including phenoxy) is 1. The third-order valence-electron chi connectivity index (χ3n) is 3.97. The molecule has 2 atom stereocenters. The zero-order valence-electron chi connectivity index (χ0n) is 12.4. The van der Waals surface area contributed by atoms with E-state index in [0.29, 0.717) is 24.7 Å². The molecule has 9 heteroatoms. The number of rotatable bonds is 4. The number of benzene rings is 1. The van der Waals surface area contributed by atoms with Gasteiger partial charge in [0, 0.05) is 38.0 Å². The molecular formula is C13H19N3O5S. The van der Waals surface area contributed by atoms with Crippen molar-refractivity contribution >= 4 is 21.4 Å². The first kappa shape index (κ1) is 16.7. The van der Waals surface area contributed by atoms with Gasteiger partial charge in [-0.1, -0.05) is 6.92 Å². The lowest BCUT2D eigenvalue weighted by Crippen LogP contribution is -2.44. The van der Waals surface area contributed by atoms with Crippen molar-refractivity contribution in [2.24, 2.45) is 11.1 Å². The van der Waals surface area contributed by atoms with Crippen molar-refractivity contribution in [2.75, 3.05) is 25.1 Å². The second-order valence-electron chi connectivity index (χ2n) is 5.47. The molecule has 0 saturated carbocycles. The summed E-state index contributed by atoms with van der Waals surface area (Å²) in [6.45, 7) is 3.30. The number of anilines is 1. The molecule has 0 bridgehead atoms. The van der Waals surface area contributed by atoms with E-state index < -0.39 is 14.9 Å². The van der Waals surface area contributed by atoms with E-state index in [4.69, 9.17) is 9.88 Å². The number of hydrogen-bond donors (Lipinski definition) is 1. The van der Waals surface area contributed by atoms with Gasteiger partial charge in [0.1, 0.15) is 0 Å². The molecule has 1 heterocycles. The zero-order valence-corrected chi connectivity index (χ0v) is 13.2. The highest BCUT2D eigenvalue weighted by atomic mass is 32.2. The number of nitrogens with two attached hydrogens (primary N) is 1. The highest BCUT2D eigenvalue weighted by Gasteiger charge is 2.28. The topological polar surface area (TPSA) is 116 Å². The van der Waals surface area contributed by atoms with Gasteiger partial charge in [0.2, 0.25) is 10.0 Å². The summed E-state index contributed by atoms with van der Waals surface area (Å²) in [4.78, 5) is 12.0. The van der Waals surface area contributed by atoms with Gasteiger partial charge in [-0.25, -0.2) is 13.6 Å². The highest BCUT2D eigenvalue weighted by molar-refractivity contribution is 7.89. The first-order valence-electron chi connectivity index (χ1n) is 6.82. The predicted octanol–water partition coefficient (Wildman–Crippen LogP) is 1.10. The van der Waals surface area contributed by atoms with E-state index in [9.17, 15) is 18.5 Å². The summed E-state index contributed by atoms with van der Waals surface area (Å²) in [6, 6.07) is 3.70. The summed E-state index contributed by atoms with van der Waals surface area (Å²) in [7, 11) is -2.39. The van der Waals surface area contributed by atoms with Crippen LogP contribution in [0.15, 0.2) is 23.1 Å². The maximum absolute atomic E-state index is 11.5. The third kappa shape index (κ3) is 3.54. The van der Waals surface area contributed by atoms with Gasteiger partial charge < -0.3 is 9.64 Å². The summed E-state index contributed by atoms with van der Waals surface area (Å²) in [5.74, 6) is 0.373. The van der Waals surface area contributed by atoms with Crippen molar-refractivity contribution in [3.8, 4) is 0 Å². The lowest BCUT2D eigenvalue weighted by molar-refractivity contribution is -0.385. The predicted molar refractivity (Wildman–Crippen MR) is 81.3 cm³/mol. The second-order valence-corrected chi connectivity index (χ2v) is 7.03. The maximum Gasteiger partial charge on any atom is 0.272 e. The second kappa shape index (κ2) is 6.19. The summed E-state index contributed by atoms with van der Waals surface area (Å²) in [5, 5.41) is 16.1. The van der Waals surface area contributed by atoms with Gasteiger partial charge in [0.05, 0.1) is 15.9 Å². The minimum absolute atomic E-state index is 0.00838. The minimum Gasteiger partial charge on any atom is -0.379 e. The fraction of sp³-hybridized carbons (Fsp3) is 0.538. The summed E-state index contributed by atoms with van der Waals surface area (Å²) >= 11 is 0. The monoisotopic (exact) mass is 329 g/mol. The average Bonchev–Trinajstić information content (AvgIpc) is 2.46. The summed E-state index contributed by atoms with van der Waals surface area (Å²) < 4.78 is 28.5. The van der Waals surface area contributed by atoms with E-state index in [0.717, 1.165) is 12.5 Å². The Morgan fingerprint density at radius 2 is 2.09 bits per heavy atom. The molecule has 1 fully saturated rings. The standard InChI is InChI=1S/C13H19N3O5S/c1-9-3-4-15(8-13(9)21-2)10-5-11(16(17)18)7-12(6-10)22(14,19)20/h5-7,9,13H,3-4,8H2,1-2H3,(H2,14,19,20). The lowest BCUT2D eigenvalue weighted by Gasteiger charge is -2.37. The van der Waals surface area contributed by atoms with Gasteiger partial charge in [0.15, 0.2) is 0 Å². The number of nitro benzene ring substituents is 1. The Bertz CT molecular complexity index is 676. The molecule has 0 aliphatic carbocycles. The van der Waals surface area contributed by atoms with Crippen LogP contribution >= 0.6 is 0 Å². The Kier molecular flexibility index (Phi) is 4.69. The number of sulfonamides is 1. The fourth-order valence-electron chi connectivity index (χ4n) is 2.60. The maximum atomic E-state index is 11.5. The molecule has 1 aliphatic heterocycles. The quantitative estimate of drug-likeness (QED) is 0.653. The Morgan fingerprint density at radius 1 is 1.41 bits per heavy atom. The number of non-ortho nitro benzene ring substituents is 1. The molecule has 122 valence electrons. The normalized spacial score (nSPS) is 22.6. The van der Waals surface area contributed by atoms with E-state index >= 15 is 0 Å². The van der Waals surface area contributed by atoms with Crippen LogP contribution in [0.2, 0.25) is 0 Å². The molecule has 8 nitrogen and oxygen atoms in total. The van der Waals surface area contributed by atoms with Crippen molar-refractivity contribution in [1.29, 1.82) is 0 Å². The molecule has 0 amide bonds. The molecule has 2 N–H and O–H groups in total. The first-order valence-corrected chi connectivity index (χ1v) is 8.37. The van der Waals surface area contributed by atoms with Gasteiger partial charge >= 0.3 is 0 Å². The number of nitro groups is 1. The van der Waals surface area contributed by atoms with E-state index in [1.807, 2.05) is 4.90 Å². The van der Waals surface area contributed by atoms with Gasteiger partial charge in [0.25, 0.3) is 5.69 Å². The molecule has 22 heavy (non-hydrogen) atoms. The number of methoxy groups -OCH3 is 1. The molecule has 2 unspecified atom stereocenters. The van der Waals surface area contributed by atoms with E-state index in [2.05, 4.69) is 6.92 Å². The van der Waals surface area contributed by atoms with Crippen LogP contribution in [-0.2, 0) is 14.8 Å². The molecule has 1 aromatic carbocycles. The van der Waals surface area contributed by atoms with Gasteiger partial charge in [-0.2, -0.15) is 0 Å². The molecule has 0 radical (unpaired) electrons. The Labute approximate surface area is 129 Å². The van der Waals surface area contributed by atoms with E-state index in [1.54, 1.807) is 7.11 Å². The lowest BCUT2D eigenvalue weighted by atomic mass is 9.95. The number of nitrogens with zero attached hydrogens (tertiary/aromatic N) is 2. The molecule has 1 saturated heterocycles. The van der Waals surface area contributed by atoms with Crippen LogP contribution in [0.25, 0.3) is 0 Å². The highest BCUT2D eigenvalue weighted by Crippen LogP contribution is 2.30. The van der Waals surface area contributed by atoms with Gasteiger partial charge in [-0.15, -0.1) is 0 Å². The molecule has 1 aliphatic rings. The van der Waals surface area contributed by atoms with Crippen molar-refractivity contribution in [3.05, 3.63) is 28.3 Å². The van der Waals surface area contributed by atoms with Crippen molar-refractivity contribution in [1.82, 2.24) is 0 Å². The number of hydrogen-bond acceptors (Lipinski definition) is 6. The molecule has 0 aromatic heterocycles. The van der Waals surface area contributed by atoms with Crippen LogP contribution in [0.1, 0.15) is 13.3 Å². The molecule has 1 aromatic rings. The molecule has 0 spiro atoms. The van der Waals surface area contributed by atoms with Crippen molar-refractivity contribution in [2.45, 2.75) is 24.3 Å². The first-order chi connectivity index (χ1) is 10.2. The summed E-state index contributed by atoms with van der Waals surface area (Å²) in [6.07, 6.45) is 0.845. The zero-order chi connectivity index (χ0) is 16.5. The van der Waals surface area contributed by atoms with E-state index in [1.165, 1.54) is 12.1 Å². The minimum atomic E-state index is -4.01. The van der Waals surface area contributed by atoms with Crippen LogP contribution in [0.5, 0.6) is 0 Å². The SMILES string of the molecule is COC1CN(c2cc([N+](=O)[O-])cc(S(N)(=O)=O)c2)CCC1C. The van der Waals surface area contributed by atoms with Crippen LogP contribution in [0.4, 0.5) is 11.4 Å². The molecule has 2 rings (SSSR count). The Morgan fingerprint density at radius 3 is 2.64 bits per heavy atom. The smallest absolute Gasteiger partial charge is 0.272 e. The summed E-state index contributed by atoms with van der Waals surface area (Å²) in [5.41, 5.74) is 0.168. The Balaban J connectivity index is 2.42. The van der Waals surface area contributed by atoms with Gasteiger partial charge in [-0.05, 0) is 18.4 Å². The fourth-order valence-corrected chi connectivity index (χ4v) is 3.17.